The average Bonchev–Trinajstić information content (AvgIpc) is 2.40. The Labute approximate surface area is 119 Å². The molecule has 0 radical (unpaired) electrons. The highest BCUT2D eigenvalue weighted by Crippen LogP contribution is 2.38. The number of nitrogens with zero attached hydrogens (tertiary/aromatic N) is 2. The number of benzene rings is 1. The molecule has 0 aliphatic heterocycles. The Bertz CT molecular complexity index is 612. The zero-order chi connectivity index (χ0) is 14.8. The molecule has 0 bridgehead atoms. The molecular formula is C14H12ClF3N2. The van der Waals surface area contributed by atoms with Gasteiger partial charge in [-0.25, -0.2) is 9.97 Å². The maximum Gasteiger partial charge on any atom is 0.417 e. The van der Waals surface area contributed by atoms with E-state index in [1.807, 2.05) is 6.92 Å². The van der Waals surface area contributed by atoms with Gasteiger partial charge in [-0.15, -0.1) is 0 Å². The second-order valence-electron chi connectivity index (χ2n) is 4.28. The van der Waals surface area contributed by atoms with E-state index < -0.39 is 11.7 Å². The van der Waals surface area contributed by atoms with Crippen LogP contribution >= 0.6 is 11.6 Å². The van der Waals surface area contributed by atoms with E-state index in [1.165, 1.54) is 18.5 Å². The third-order valence-corrected chi connectivity index (χ3v) is 3.21. The van der Waals surface area contributed by atoms with E-state index in [-0.39, 0.29) is 16.4 Å². The van der Waals surface area contributed by atoms with Crippen molar-refractivity contribution in [2.75, 3.05) is 0 Å². The minimum absolute atomic E-state index is 0.0350. The summed E-state index contributed by atoms with van der Waals surface area (Å²) in [6.45, 7) is 1.92. The molecule has 0 atom stereocenters. The molecule has 20 heavy (non-hydrogen) atoms. The van der Waals surface area contributed by atoms with Gasteiger partial charge in [0.25, 0.3) is 0 Å². The molecule has 0 spiro atoms. The summed E-state index contributed by atoms with van der Waals surface area (Å²) in [6, 6.07) is 5.35. The molecule has 2 rings (SSSR count). The van der Waals surface area contributed by atoms with Crippen LogP contribution in [0.1, 0.15) is 24.5 Å². The van der Waals surface area contributed by atoms with Gasteiger partial charge in [-0.1, -0.05) is 43.1 Å². The Morgan fingerprint density at radius 1 is 1.15 bits per heavy atom. The minimum atomic E-state index is -4.43. The van der Waals surface area contributed by atoms with E-state index in [9.17, 15) is 13.2 Å². The van der Waals surface area contributed by atoms with Crippen LogP contribution in [0.5, 0.6) is 0 Å². The quantitative estimate of drug-likeness (QED) is 0.763. The summed E-state index contributed by atoms with van der Waals surface area (Å²) in [6.07, 6.45) is -1.98. The van der Waals surface area contributed by atoms with Gasteiger partial charge in [-0.2, -0.15) is 13.2 Å². The summed E-state index contributed by atoms with van der Waals surface area (Å²) in [7, 11) is 0. The third kappa shape index (κ3) is 2.93. The molecule has 0 amide bonds. The maximum absolute atomic E-state index is 13.1. The summed E-state index contributed by atoms with van der Waals surface area (Å²) >= 11 is 5.99. The number of alkyl halides is 3. The van der Waals surface area contributed by atoms with Crippen molar-refractivity contribution in [2.24, 2.45) is 0 Å². The number of aromatic nitrogens is 2. The van der Waals surface area contributed by atoms with Crippen LogP contribution in [0.15, 0.2) is 30.6 Å². The molecule has 0 saturated heterocycles. The predicted octanol–water partition coefficient (Wildman–Crippen LogP) is 4.77. The fraction of sp³-hybridized carbons (Fsp3) is 0.286. The van der Waals surface area contributed by atoms with Crippen LogP contribution in [0, 0.1) is 0 Å². The lowest BCUT2D eigenvalue weighted by Gasteiger charge is -2.15. The summed E-state index contributed by atoms with van der Waals surface area (Å²) in [5.74, 6) is 0. The van der Waals surface area contributed by atoms with E-state index >= 15 is 0 Å². The normalized spacial score (nSPS) is 11.7. The highest BCUT2D eigenvalue weighted by atomic mass is 35.5. The summed E-state index contributed by atoms with van der Waals surface area (Å²) in [5.41, 5.74) is 0.119. The van der Waals surface area contributed by atoms with Crippen LogP contribution in [-0.2, 0) is 12.6 Å². The van der Waals surface area contributed by atoms with Crippen molar-refractivity contribution in [2.45, 2.75) is 25.9 Å². The van der Waals surface area contributed by atoms with Crippen molar-refractivity contribution >= 4 is 11.6 Å². The van der Waals surface area contributed by atoms with E-state index in [4.69, 9.17) is 11.6 Å². The molecule has 1 aromatic carbocycles. The van der Waals surface area contributed by atoms with E-state index in [2.05, 4.69) is 9.97 Å². The van der Waals surface area contributed by atoms with Crippen LogP contribution in [0.25, 0.3) is 11.3 Å². The van der Waals surface area contributed by atoms with Crippen LogP contribution in [0.2, 0.25) is 5.15 Å². The van der Waals surface area contributed by atoms with Crippen LogP contribution in [-0.4, -0.2) is 9.97 Å². The maximum atomic E-state index is 13.1. The Morgan fingerprint density at radius 2 is 1.85 bits per heavy atom. The zero-order valence-corrected chi connectivity index (χ0v) is 11.5. The third-order valence-electron chi connectivity index (χ3n) is 2.88. The van der Waals surface area contributed by atoms with Gasteiger partial charge < -0.3 is 0 Å². The number of halogens is 4. The summed E-state index contributed by atoms with van der Waals surface area (Å²) < 4.78 is 39.2. The molecule has 0 saturated carbocycles. The zero-order valence-electron chi connectivity index (χ0n) is 10.7. The first-order valence-corrected chi connectivity index (χ1v) is 6.49. The van der Waals surface area contributed by atoms with Gasteiger partial charge in [0.05, 0.1) is 11.3 Å². The van der Waals surface area contributed by atoms with E-state index in [0.29, 0.717) is 12.0 Å². The lowest BCUT2D eigenvalue weighted by Crippen LogP contribution is -2.08. The monoisotopic (exact) mass is 300 g/mol. The minimum Gasteiger partial charge on any atom is -0.236 e. The fourth-order valence-electron chi connectivity index (χ4n) is 2.03. The molecule has 0 aliphatic carbocycles. The molecule has 106 valence electrons. The van der Waals surface area contributed by atoms with E-state index in [0.717, 1.165) is 12.5 Å². The molecule has 6 heteroatoms. The molecule has 0 unspecified atom stereocenters. The van der Waals surface area contributed by atoms with Crippen molar-refractivity contribution in [3.05, 3.63) is 46.9 Å². The lowest BCUT2D eigenvalue weighted by atomic mass is 9.99. The van der Waals surface area contributed by atoms with Crippen LogP contribution in [0.3, 0.4) is 0 Å². The molecule has 0 fully saturated rings. The highest BCUT2D eigenvalue weighted by Gasteiger charge is 2.34. The lowest BCUT2D eigenvalue weighted by molar-refractivity contribution is -0.137. The van der Waals surface area contributed by atoms with Crippen molar-refractivity contribution in [1.29, 1.82) is 0 Å². The fourth-order valence-corrected chi connectivity index (χ4v) is 2.26. The first kappa shape index (κ1) is 14.8. The van der Waals surface area contributed by atoms with Gasteiger partial charge in [0.1, 0.15) is 11.5 Å². The first-order valence-electron chi connectivity index (χ1n) is 6.11. The Kier molecular flexibility index (Phi) is 4.28. The molecule has 2 nitrogen and oxygen atoms in total. The molecule has 2 aromatic rings. The Morgan fingerprint density at radius 3 is 2.50 bits per heavy atom. The van der Waals surface area contributed by atoms with E-state index in [1.54, 1.807) is 6.07 Å². The van der Waals surface area contributed by atoms with Crippen LogP contribution < -0.4 is 0 Å². The molecular weight excluding hydrogens is 289 g/mol. The smallest absolute Gasteiger partial charge is 0.236 e. The average molecular weight is 301 g/mol. The molecule has 0 aliphatic rings. The van der Waals surface area contributed by atoms with Gasteiger partial charge in [-0.05, 0) is 12.5 Å². The van der Waals surface area contributed by atoms with Crippen molar-refractivity contribution < 1.29 is 13.2 Å². The van der Waals surface area contributed by atoms with Gasteiger partial charge in [0, 0.05) is 11.1 Å². The second-order valence-corrected chi connectivity index (χ2v) is 4.64. The van der Waals surface area contributed by atoms with Gasteiger partial charge >= 0.3 is 6.18 Å². The topological polar surface area (TPSA) is 25.8 Å². The number of hydrogen-bond donors (Lipinski definition) is 0. The standard InChI is InChI=1S/C14H12ClF3N2/c1-2-5-10-12(19-8-20-13(10)15)9-6-3-4-7-11(9)14(16,17)18/h3-4,6-8H,2,5H2,1H3. The molecule has 1 heterocycles. The SMILES string of the molecule is CCCc1c(Cl)ncnc1-c1ccccc1C(F)(F)F. The largest absolute Gasteiger partial charge is 0.417 e. The van der Waals surface area contributed by atoms with Crippen LogP contribution in [0.4, 0.5) is 13.2 Å². The van der Waals surface area contributed by atoms with Gasteiger partial charge in [0.2, 0.25) is 0 Å². The Hall–Kier alpha value is -1.62. The second kappa shape index (κ2) is 5.79. The first-order chi connectivity index (χ1) is 9.45. The number of hydrogen-bond acceptors (Lipinski definition) is 2. The number of rotatable bonds is 3. The Balaban J connectivity index is 2.66. The molecule has 0 N–H and O–H groups in total. The van der Waals surface area contributed by atoms with Gasteiger partial charge in [0.15, 0.2) is 0 Å². The summed E-state index contributed by atoms with van der Waals surface area (Å²) in [4.78, 5) is 7.86. The highest BCUT2D eigenvalue weighted by molar-refractivity contribution is 6.30. The van der Waals surface area contributed by atoms with Gasteiger partial charge in [-0.3, -0.25) is 0 Å². The molecule has 1 aromatic heterocycles. The van der Waals surface area contributed by atoms with Crippen molar-refractivity contribution in [3.8, 4) is 11.3 Å². The predicted molar refractivity (Wildman–Crippen MR) is 71.5 cm³/mol. The summed E-state index contributed by atoms with van der Waals surface area (Å²) in [5, 5.41) is 0.203. The van der Waals surface area contributed by atoms with Crippen molar-refractivity contribution in [1.82, 2.24) is 9.97 Å². The van der Waals surface area contributed by atoms with Crippen molar-refractivity contribution in [3.63, 3.8) is 0 Å².